The summed E-state index contributed by atoms with van der Waals surface area (Å²) in [5.74, 6) is 1.73. The van der Waals surface area contributed by atoms with Crippen LogP contribution in [0, 0.1) is 6.92 Å². The van der Waals surface area contributed by atoms with Gasteiger partial charge >= 0.3 is 0 Å². The molecule has 0 bridgehead atoms. The number of aryl methyl sites for hydroxylation is 1. The minimum Gasteiger partial charge on any atom is -0.363 e. The summed E-state index contributed by atoms with van der Waals surface area (Å²) >= 11 is 0. The van der Waals surface area contributed by atoms with Gasteiger partial charge in [0.1, 0.15) is 5.82 Å². The standard InChI is InChI=1S/C21H28N6.HI/c1-15-8-9-18-16(13-24-19(18)12-15)10-11-23-21(22-2)25-14-17-6-5-7-20(26-17)27(3)4;/h5-9,12-13,24H,10-11,14H2,1-4H3,(H2,22,23,25);1H. The quantitative estimate of drug-likeness (QED) is 0.280. The molecule has 0 atom stereocenters. The summed E-state index contributed by atoms with van der Waals surface area (Å²) in [7, 11) is 5.77. The van der Waals surface area contributed by atoms with Crippen LogP contribution in [0.3, 0.4) is 0 Å². The van der Waals surface area contributed by atoms with Gasteiger partial charge in [0.25, 0.3) is 0 Å². The van der Waals surface area contributed by atoms with E-state index in [2.05, 4.69) is 56.9 Å². The summed E-state index contributed by atoms with van der Waals surface area (Å²) in [6.07, 6.45) is 3.02. The molecule has 0 aliphatic carbocycles. The predicted octanol–water partition coefficient (Wildman–Crippen LogP) is 3.46. The molecule has 7 heteroatoms. The lowest BCUT2D eigenvalue weighted by Crippen LogP contribution is -2.38. The Morgan fingerprint density at radius 1 is 1.18 bits per heavy atom. The average Bonchev–Trinajstić information content (AvgIpc) is 3.06. The van der Waals surface area contributed by atoms with Crippen LogP contribution in [0.2, 0.25) is 0 Å². The maximum Gasteiger partial charge on any atom is 0.191 e. The van der Waals surface area contributed by atoms with Gasteiger partial charge in [-0.05, 0) is 42.7 Å². The second-order valence-electron chi connectivity index (χ2n) is 6.85. The van der Waals surface area contributed by atoms with E-state index in [0.29, 0.717) is 6.54 Å². The monoisotopic (exact) mass is 492 g/mol. The summed E-state index contributed by atoms with van der Waals surface area (Å²) in [4.78, 5) is 14.3. The SMILES string of the molecule is CN=C(NCCc1c[nH]c2cc(C)ccc12)NCc1cccc(N(C)C)n1.I. The maximum absolute atomic E-state index is 4.62. The van der Waals surface area contributed by atoms with Gasteiger partial charge in [-0.2, -0.15) is 0 Å². The number of benzene rings is 1. The molecule has 0 amide bonds. The molecule has 0 spiro atoms. The molecule has 2 heterocycles. The number of rotatable bonds is 6. The molecule has 3 N–H and O–H groups in total. The highest BCUT2D eigenvalue weighted by Gasteiger charge is 2.05. The number of pyridine rings is 1. The van der Waals surface area contributed by atoms with E-state index in [1.54, 1.807) is 7.05 Å². The van der Waals surface area contributed by atoms with E-state index in [1.165, 1.54) is 22.0 Å². The van der Waals surface area contributed by atoms with Crippen LogP contribution in [0.4, 0.5) is 5.82 Å². The lowest BCUT2D eigenvalue weighted by Gasteiger charge is -2.14. The molecule has 28 heavy (non-hydrogen) atoms. The summed E-state index contributed by atoms with van der Waals surface area (Å²) in [6.45, 7) is 3.56. The summed E-state index contributed by atoms with van der Waals surface area (Å²) in [5.41, 5.74) is 4.76. The Morgan fingerprint density at radius 3 is 2.75 bits per heavy atom. The average molecular weight is 492 g/mol. The number of anilines is 1. The minimum absolute atomic E-state index is 0. The normalized spacial score (nSPS) is 11.2. The van der Waals surface area contributed by atoms with Crippen molar-refractivity contribution < 1.29 is 0 Å². The van der Waals surface area contributed by atoms with E-state index in [4.69, 9.17) is 0 Å². The number of nitrogens with one attached hydrogen (secondary N) is 3. The molecular formula is C21H29IN6. The molecule has 150 valence electrons. The van der Waals surface area contributed by atoms with Crippen molar-refractivity contribution in [2.75, 3.05) is 32.6 Å². The molecule has 6 nitrogen and oxygen atoms in total. The first-order valence-corrected chi connectivity index (χ1v) is 9.21. The highest BCUT2D eigenvalue weighted by atomic mass is 127. The zero-order valence-electron chi connectivity index (χ0n) is 16.9. The summed E-state index contributed by atoms with van der Waals surface area (Å²) in [5, 5.41) is 7.99. The molecular weight excluding hydrogens is 463 g/mol. The topological polar surface area (TPSA) is 68.3 Å². The van der Waals surface area contributed by atoms with Gasteiger partial charge in [-0.25, -0.2) is 4.98 Å². The van der Waals surface area contributed by atoms with Crippen molar-refractivity contribution in [2.45, 2.75) is 19.9 Å². The van der Waals surface area contributed by atoms with E-state index in [1.807, 2.05) is 37.2 Å². The Labute approximate surface area is 183 Å². The van der Waals surface area contributed by atoms with Gasteiger partial charge in [-0.15, -0.1) is 24.0 Å². The van der Waals surface area contributed by atoms with Crippen molar-refractivity contribution >= 4 is 46.7 Å². The lowest BCUT2D eigenvalue weighted by atomic mass is 10.1. The van der Waals surface area contributed by atoms with Crippen LogP contribution < -0.4 is 15.5 Å². The van der Waals surface area contributed by atoms with Crippen LogP contribution in [0.25, 0.3) is 10.9 Å². The molecule has 2 aromatic heterocycles. The molecule has 3 aromatic rings. The van der Waals surface area contributed by atoms with Crippen LogP contribution in [0.15, 0.2) is 47.6 Å². The Balaban J connectivity index is 0.00000280. The van der Waals surface area contributed by atoms with E-state index >= 15 is 0 Å². The predicted molar refractivity (Wildman–Crippen MR) is 129 cm³/mol. The number of aromatic nitrogens is 2. The van der Waals surface area contributed by atoms with E-state index in [-0.39, 0.29) is 24.0 Å². The lowest BCUT2D eigenvalue weighted by molar-refractivity contribution is 0.784. The fourth-order valence-corrected chi connectivity index (χ4v) is 3.03. The molecule has 3 rings (SSSR count). The number of hydrogen-bond acceptors (Lipinski definition) is 3. The number of nitrogens with zero attached hydrogens (tertiary/aromatic N) is 3. The second-order valence-corrected chi connectivity index (χ2v) is 6.85. The minimum atomic E-state index is 0. The molecule has 0 radical (unpaired) electrons. The first-order valence-electron chi connectivity index (χ1n) is 9.21. The number of aromatic amines is 1. The van der Waals surface area contributed by atoms with Gasteiger partial charge in [-0.3, -0.25) is 4.99 Å². The maximum atomic E-state index is 4.62. The van der Waals surface area contributed by atoms with Gasteiger partial charge in [0.15, 0.2) is 5.96 Å². The van der Waals surface area contributed by atoms with Crippen molar-refractivity contribution in [1.29, 1.82) is 0 Å². The van der Waals surface area contributed by atoms with Gasteiger partial charge < -0.3 is 20.5 Å². The van der Waals surface area contributed by atoms with Crippen molar-refractivity contribution in [3.05, 3.63) is 59.4 Å². The largest absolute Gasteiger partial charge is 0.363 e. The Morgan fingerprint density at radius 2 is 2.00 bits per heavy atom. The molecule has 0 aliphatic rings. The molecule has 0 saturated carbocycles. The van der Waals surface area contributed by atoms with Crippen molar-refractivity contribution in [2.24, 2.45) is 4.99 Å². The van der Waals surface area contributed by atoms with E-state index in [0.717, 1.165) is 30.4 Å². The zero-order chi connectivity index (χ0) is 19.2. The molecule has 0 fully saturated rings. The van der Waals surface area contributed by atoms with Crippen LogP contribution in [-0.2, 0) is 13.0 Å². The summed E-state index contributed by atoms with van der Waals surface area (Å²) in [6, 6.07) is 12.6. The first-order chi connectivity index (χ1) is 13.1. The van der Waals surface area contributed by atoms with Crippen LogP contribution in [-0.4, -0.2) is 43.6 Å². The Kier molecular flexibility index (Phi) is 8.10. The fourth-order valence-electron chi connectivity index (χ4n) is 3.03. The van der Waals surface area contributed by atoms with Gasteiger partial charge in [0.05, 0.1) is 12.2 Å². The number of fused-ring (bicyclic) bond motifs is 1. The molecule has 0 saturated heterocycles. The van der Waals surface area contributed by atoms with Crippen LogP contribution >= 0.6 is 24.0 Å². The Bertz CT molecular complexity index is 932. The third kappa shape index (κ3) is 5.60. The molecule has 0 aliphatic heterocycles. The number of aliphatic imine (C=N–C) groups is 1. The highest BCUT2D eigenvalue weighted by Crippen LogP contribution is 2.19. The number of hydrogen-bond donors (Lipinski definition) is 3. The van der Waals surface area contributed by atoms with Crippen molar-refractivity contribution in [3.63, 3.8) is 0 Å². The number of guanidine groups is 1. The smallest absolute Gasteiger partial charge is 0.191 e. The first kappa shape index (κ1) is 22.0. The van der Waals surface area contributed by atoms with Crippen molar-refractivity contribution in [3.8, 4) is 0 Å². The number of H-pyrrole nitrogens is 1. The van der Waals surface area contributed by atoms with E-state index in [9.17, 15) is 0 Å². The summed E-state index contributed by atoms with van der Waals surface area (Å²) < 4.78 is 0. The fraction of sp³-hybridized carbons (Fsp3) is 0.333. The highest BCUT2D eigenvalue weighted by molar-refractivity contribution is 14.0. The Hall–Kier alpha value is -2.29. The third-order valence-corrected chi connectivity index (χ3v) is 4.52. The second kappa shape index (κ2) is 10.3. The third-order valence-electron chi connectivity index (χ3n) is 4.52. The molecule has 1 aromatic carbocycles. The van der Waals surface area contributed by atoms with Crippen molar-refractivity contribution in [1.82, 2.24) is 20.6 Å². The zero-order valence-corrected chi connectivity index (χ0v) is 19.2. The van der Waals surface area contributed by atoms with Gasteiger partial charge in [0.2, 0.25) is 0 Å². The molecule has 0 unspecified atom stereocenters. The van der Waals surface area contributed by atoms with Gasteiger partial charge in [-0.1, -0.05) is 18.2 Å². The number of halogens is 1. The van der Waals surface area contributed by atoms with Gasteiger partial charge in [0, 0.05) is 44.8 Å². The van der Waals surface area contributed by atoms with Crippen LogP contribution in [0.1, 0.15) is 16.8 Å². The van der Waals surface area contributed by atoms with E-state index < -0.39 is 0 Å². The van der Waals surface area contributed by atoms with Crippen LogP contribution in [0.5, 0.6) is 0 Å².